The summed E-state index contributed by atoms with van der Waals surface area (Å²) >= 11 is 0. The van der Waals surface area contributed by atoms with Crippen molar-refractivity contribution in [3.05, 3.63) is 12.2 Å². The fraction of sp³-hybridized carbons (Fsp3) is 0.727. The van der Waals surface area contributed by atoms with E-state index < -0.39 is 18.8 Å². The molecule has 0 spiro atoms. The normalized spacial score (nSPS) is 16.9. The first-order valence-corrected chi connectivity index (χ1v) is 5.07. The van der Waals surface area contributed by atoms with Crippen molar-refractivity contribution in [3.8, 4) is 0 Å². The summed E-state index contributed by atoms with van der Waals surface area (Å²) in [6.45, 7) is 6.50. The van der Waals surface area contributed by atoms with E-state index in [0.717, 1.165) is 0 Å². The van der Waals surface area contributed by atoms with Gasteiger partial charge in [-0.15, -0.1) is 0 Å². The Kier molecular flexibility index (Phi) is 6.40. The summed E-state index contributed by atoms with van der Waals surface area (Å²) in [6.07, 6.45) is -1.04. The maximum Gasteiger partial charge on any atom is 0.165 e. The van der Waals surface area contributed by atoms with Crippen LogP contribution < -0.4 is 0 Å². The molecule has 15 heavy (non-hydrogen) atoms. The average molecular weight is 216 g/mol. The maximum atomic E-state index is 11.4. The van der Waals surface area contributed by atoms with Gasteiger partial charge in [0.1, 0.15) is 6.10 Å². The molecule has 0 saturated carbocycles. The Bertz CT molecular complexity index is 223. The van der Waals surface area contributed by atoms with Crippen molar-refractivity contribution in [1.29, 1.82) is 0 Å². The summed E-state index contributed by atoms with van der Waals surface area (Å²) in [5.41, 5.74) is 0.115. The van der Waals surface area contributed by atoms with Crippen LogP contribution in [0.4, 0.5) is 0 Å². The van der Waals surface area contributed by atoms with Gasteiger partial charge in [-0.25, -0.2) is 0 Å². The highest BCUT2D eigenvalue weighted by atomic mass is 16.3. The van der Waals surface area contributed by atoms with Crippen molar-refractivity contribution in [2.75, 3.05) is 6.61 Å². The first-order chi connectivity index (χ1) is 6.90. The van der Waals surface area contributed by atoms with Crippen LogP contribution in [0.3, 0.4) is 0 Å². The summed E-state index contributed by atoms with van der Waals surface area (Å²) in [6, 6.07) is 0. The molecule has 0 aliphatic carbocycles. The van der Waals surface area contributed by atoms with E-state index in [1.165, 1.54) is 0 Å². The summed E-state index contributed by atoms with van der Waals surface area (Å²) in [4.78, 5) is 11.4. The molecule has 0 saturated heterocycles. The molecular formula is C11H20O4. The van der Waals surface area contributed by atoms with Gasteiger partial charge in [-0.2, -0.15) is 0 Å². The molecule has 3 N–H and O–H groups in total. The average Bonchev–Trinajstić information content (AvgIpc) is 2.22. The Hall–Kier alpha value is -0.710. The largest absolute Gasteiger partial charge is 0.393 e. The fourth-order valence-corrected chi connectivity index (χ4v) is 1.06. The van der Waals surface area contributed by atoms with Crippen LogP contribution >= 0.6 is 0 Å². The number of carbonyl (C=O) groups is 1. The van der Waals surface area contributed by atoms with Crippen molar-refractivity contribution in [2.24, 2.45) is 5.92 Å². The lowest BCUT2D eigenvalue weighted by Crippen LogP contribution is -2.25. The fourth-order valence-electron chi connectivity index (χ4n) is 1.06. The highest BCUT2D eigenvalue weighted by Crippen LogP contribution is 2.13. The van der Waals surface area contributed by atoms with Crippen molar-refractivity contribution >= 4 is 5.78 Å². The van der Waals surface area contributed by atoms with Crippen LogP contribution in [0.2, 0.25) is 0 Å². The standard InChI is InChI=1S/C11H20O4/c1-7(9(3)13)4-5-10(14)11(15)8(2)6-12/h7,9,11-13,15H,2,4-6H2,1,3H3/t7-,9+,11-/m1/s1. The summed E-state index contributed by atoms with van der Waals surface area (Å²) < 4.78 is 0. The van der Waals surface area contributed by atoms with Gasteiger partial charge in [0, 0.05) is 6.42 Å². The van der Waals surface area contributed by atoms with E-state index in [9.17, 15) is 15.0 Å². The minimum atomic E-state index is -1.28. The Balaban J connectivity index is 3.99. The molecule has 0 fully saturated rings. The first-order valence-electron chi connectivity index (χ1n) is 5.07. The van der Waals surface area contributed by atoms with Gasteiger partial charge in [-0.3, -0.25) is 4.79 Å². The molecule has 0 amide bonds. The highest BCUT2D eigenvalue weighted by molar-refractivity contribution is 5.85. The van der Waals surface area contributed by atoms with Crippen LogP contribution in [0.25, 0.3) is 0 Å². The van der Waals surface area contributed by atoms with Crippen molar-refractivity contribution in [1.82, 2.24) is 0 Å². The molecule has 0 aliphatic rings. The number of ketones is 1. The molecule has 0 bridgehead atoms. The van der Waals surface area contributed by atoms with E-state index in [4.69, 9.17) is 5.11 Å². The molecule has 0 aromatic rings. The van der Waals surface area contributed by atoms with Crippen molar-refractivity contribution < 1.29 is 20.1 Å². The Labute approximate surface area is 90.2 Å². The second kappa shape index (κ2) is 6.71. The maximum absolute atomic E-state index is 11.4. The molecule has 0 aromatic heterocycles. The van der Waals surface area contributed by atoms with Crippen LogP contribution in [0.1, 0.15) is 26.7 Å². The van der Waals surface area contributed by atoms with Crippen molar-refractivity contribution in [3.63, 3.8) is 0 Å². The second-order valence-electron chi connectivity index (χ2n) is 3.94. The lowest BCUT2D eigenvalue weighted by atomic mass is 9.96. The van der Waals surface area contributed by atoms with Crippen LogP contribution in [-0.4, -0.2) is 39.9 Å². The minimum absolute atomic E-state index is 0.0172. The van der Waals surface area contributed by atoms with Gasteiger partial charge in [0.2, 0.25) is 0 Å². The third-order valence-corrected chi connectivity index (χ3v) is 2.56. The molecule has 88 valence electrons. The number of carbonyl (C=O) groups excluding carboxylic acids is 1. The zero-order chi connectivity index (χ0) is 12.0. The minimum Gasteiger partial charge on any atom is -0.393 e. The number of hydrogen-bond donors (Lipinski definition) is 3. The number of aliphatic hydroxyl groups is 3. The van der Waals surface area contributed by atoms with E-state index >= 15 is 0 Å². The Morgan fingerprint density at radius 3 is 2.27 bits per heavy atom. The molecule has 0 unspecified atom stereocenters. The quantitative estimate of drug-likeness (QED) is 0.533. The monoisotopic (exact) mass is 216 g/mol. The zero-order valence-corrected chi connectivity index (χ0v) is 9.31. The molecular weight excluding hydrogens is 196 g/mol. The topological polar surface area (TPSA) is 77.8 Å². The van der Waals surface area contributed by atoms with Gasteiger partial charge < -0.3 is 15.3 Å². The first kappa shape index (κ1) is 14.3. The second-order valence-corrected chi connectivity index (χ2v) is 3.94. The van der Waals surface area contributed by atoms with E-state index in [1.807, 2.05) is 6.92 Å². The molecule has 0 aromatic carbocycles. The summed E-state index contributed by atoms with van der Waals surface area (Å²) in [5, 5.41) is 27.2. The van der Waals surface area contributed by atoms with Gasteiger partial charge in [0.05, 0.1) is 12.7 Å². The van der Waals surface area contributed by atoms with Gasteiger partial charge in [-0.1, -0.05) is 13.5 Å². The van der Waals surface area contributed by atoms with E-state index in [-0.39, 0.29) is 23.7 Å². The van der Waals surface area contributed by atoms with Crippen LogP contribution in [0.5, 0.6) is 0 Å². The third-order valence-electron chi connectivity index (χ3n) is 2.56. The SMILES string of the molecule is C=C(CO)[C@@H](O)C(=O)CC[C@@H](C)[C@H](C)O. The van der Waals surface area contributed by atoms with Crippen LogP contribution in [-0.2, 0) is 4.79 Å². The lowest BCUT2D eigenvalue weighted by Gasteiger charge is -2.15. The van der Waals surface area contributed by atoms with Crippen LogP contribution in [0.15, 0.2) is 12.2 Å². The third kappa shape index (κ3) is 5.06. The molecule has 4 heteroatoms. The predicted molar refractivity (Wildman–Crippen MR) is 57.3 cm³/mol. The molecule has 0 rings (SSSR count). The predicted octanol–water partition coefficient (Wildman–Crippen LogP) is 0.262. The Morgan fingerprint density at radius 2 is 1.87 bits per heavy atom. The molecule has 4 nitrogen and oxygen atoms in total. The Morgan fingerprint density at radius 1 is 1.33 bits per heavy atom. The van der Waals surface area contributed by atoms with E-state index in [1.54, 1.807) is 6.92 Å². The lowest BCUT2D eigenvalue weighted by molar-refractivity contribution is -0.126. The molecule has 0 aliphatic heterocycles. The molecule has 0 heterocycles. The highest BCUT2D eigenvalue weighted by Gasteiger charge is 2.19. The van der Waals surface area contributed by atoms with Gasteiger partial charge in [0.15, 0.2) is 5.78 Å². The van der Waals surface area contributed by atoms with E-state index in [2.05, 4.69) is 6.58 Å². The molecule has 0 radical (unpaired) electrons. The zero-order valence-electron chi connectivity index (χ0n) is 9.31. The smallest absolute Gasteiger partial charge is 0.165 e. The number of rotatable bonds is 7. The van der Waals surface area contributed by atoms with Gasteiger partial charge in [0.25, 0.3) is 0 Å². The summed E-state index contributed by atoms with van der Waals surface area (Å²) in [5.74, 6) is -0.343. The van der Waals surface area contributed by atoms with Gasteiger partial charge >= 0.3 is 0 Å². The van der Waals surface area contributed by atoms with Crippen LogP contribution in [0, 0.1) is 5.92 Å². The summed E-state index contributed by atoms with van der Waals surface area (Å²) in [7, 11) is 0. The van der Waals surface area contributed by atoms with Gasteiger partial charge in [-0.05, 0) is 24.8 Å². The number of Topliss-reactive ketones (excluding diaryl/α,β-unsaturated/α-hetero) is 1. The number of hydrogen-bond acceptors (Lipinski definition) is 4. The number of aliphatic hydroxyl groups excluding tert-OH is 3. The van der Waals surface area contributed by atoms with Crippen molar-refractivity contribution in [2.45, 2.75) is 38.9 Å². The molecule has 3 atom stereocenters. The van der Waals surface area contributed by atoms with E-state index in [0.29, 0.717) is 6.42 Å².